The van der Waals surface area contributed by atoms with E-state index in [2.05, 4.69) is 14.9 Å². The van der Waals surface area contributed by atoms with Crippen molar-refractivity contribution in [2.75, 3.05) is 18.5 Å². The summed E-state index contributed by atoms with van der Waals surface area (Å²) in [6, 6.07) is 0. The molecule has 0 aromatic carbocycles. The van der Waals surface area contributed by atoms with Crippen molar-refractivity contribution in [3.63, 3.8) is 0 Å². The van der Waals surface area contributed by atoms with Gasteiger partial charge in [0.2, 0.25) is 0 Å². The summed E-state index contributed by atoms with van der Waals surface area (Å²) in [5, 5.41) is 0. The molecule has 0 aliphatic heterocycles. The van der Waals surface area contributed by atoms with Crippen LogP contribution in [0.5, 0.6) is 0 Å². The van der Waals surface area contributed by atoms with Gasteiger partial charge in [-0.05, 0) is 18.8 Å². The van der Waals surface area contributed by atoms with Gasteiger partial charge in [0.15, 0.2) is 0 Å². The van der Waals surface area contributed by atoms with Crippen LogP contribution in [0.25, 0.3) is 0 Å². The maximum atomic E-state index is 5.47. The Hall–Kier alpha value is -1.23. The number of hydrogen-bond acceptors (Lipinski definition) is 4. The summed E-state index contributed by atoms with van der Waals surface area (Å²) in [4.78, 5) is 10.9. The number of nitrogens with zero attached hydrogens (tertiary/aromatic N) is 3. The second kappa shape index (κ2) is 4.74. The van der Waals surface area contributed by atoms with Crippen molar-refractivity contribution in [1.29, 1.82) is 0 Å². The van der Waals surface area contributed by atoms with E-state index in [-0.39, 0.29) is 0 Å². The molecular formula is C11H16N4S. The van der Waals surface area contributed by atoms with Crippen LogP contribution >= 0.6 is 12.2 Å². The van der Waals surface area contributed by atoms with Crippen LogP contribution in [0.2, 0.25) is 0 Å². The van der Waals surface area contributed by atoms with E-state index in [4.69, 9.17) is 18.0 Å². The van der Waals surface area contributed by atoms with Gasteiger partial charge in [0.05, 0.1) is 12.4 Å². The van der Waals surface area contributed by atoms with Crippen LogP contribution in [0.3, 0.4) is 0 Å². The largest absolute Gasteiger partial charge is 0.388 e. The predicted molar refractivity (Wildman–Crippen MR) is 68.5 cm³/mol. The summed E-state index contributed by atoms with van der Waals surface area (Å²) < 4.78 is 0. The molecule has 0 unspecified atom stereocenters. The second-order valence-corrected chi connectivity index (χ2v) is 4.74. The monoisotopic (exact) mass is 236 g/mol. The summed E-state index contributed by atoms with van der Waals surface area (Å²) in [7, 11) is 2.04. The molecule has 1 aliphatic carbocycles. The van der Waals surface area contributed by atoms with Crippen molar-refractivity contribution in [1.82, 2.24) is 9.97 Å². The first kappa shape index (κ1) is 11.3. The van der Waals surface area contributed by atoms with Crippen LogP contribution in [0.1, 0.15) is 25.0 Å². The molecule has 2 N–H and O–H groups in total. The second-order valence-electron chi connectivity index (χ2n) is 4.30. The third-order valence-corrected chi connectivity index (χ3v) is 3.25. The van der Waals surface area contributed by atoms with E-state index in [9.17, 15) is 0 Å². The van der Waals surface area contributed by atoms with Crippen molar-refractivity contribution in [2.45, 2.75) is 19.3 Å². The highest BCUT2D eigenvalue weighted by Gasteiger charge is 2.19. The van der Waals surface area contributed by atoms with Crippen LogP contribution < -0.4 is 10.6 Å². The fourth-order valence-corrected chi connectivity index (χ4v) is 1.91. The third kappa shape index (κ3) is 2.47. The minimum atomic E-state index is 0.292. The van der Waals surface area contributed by atoms with Gasteiger partial charge in [-0.3, -0.25) is 0 Å². The van der Waals surface area contributed by atoms with Gasteiger partial charge in [-0.25, -0.2) is 9.97 Å². The molecule has 16 heavy (non-hydrogen) atoms. The zero-order valence-corrected chi connectivity index (χ0v) is 10.2. The van der Waals surface area contributed by atoms with Crippen molar-refractivity contribution in [2.24, 2.45) is 11.7 Å². The van der Waals surface area contributed by atoms with Crippen LogP contribution in [0.4, 0.5) is 5.82 Å². The Morgan fingerprint density at radius 3 is 2.69 bits per heavy atom. The highest BCUT2D eigenvalue weighted by atomic mass is 32.1. The molecule has 0 radical (unpaired) electrons. The molecule has 4 nitrogen and oxygen atoms in total. The molecule has 1 heterocycles. The van der Waals surface area contributed by atoms with E-state index < -0.39 is 0 Å². The summed E-state index contributed by atoms with van der Waals surface area (Å²) in [5.74, 6) is 1.70. The number of anilines is 1. The first-order chi connectivity index (χ1) is 7.66. The van der Waals surface area contributed by atoms with Crippen molar-refractivity contribution in [3.8, 4) is 0 Å². The first-order valence-corrected chi connectivity index (χ1v) is 5.90. The van der Waals surface area contributed by atoms with E-state index in [0.717, 1.165) is 18.3 Å². The molecule has 0 bridgehead atoms. The molecule has 1 saturated carbocycles. The predicted octanol–water partition coefficient (Wildman–Crippen LogP) is 1.35. The Balaban J connectivity index is 1.99. The van der Waals surface area contributed by atoms with E-state index in [1.807, 2.05) is 7.05 Å². The van der Waals surface area contributed by atoms with Crippen molar-refractivity contribution < 1.29 is 0 Å². The highest BCUT2D eigenvalue weighted by Crippen LogP contribution is 2.27. The zero-order chi connectivity index (χ0) is 11.5. The highest BCUT2D eigenvalue weighted by molar-refractivity contribution is 7.80. The summed E-state index contributed by atoms with van der Waals surface area (Å²) in [5.41, 5.74) is 6.05. The molecule has 0 saturated heterocycles. The summed E-state index contributed by atoms with van der Waals surface area (Å²) in [6.45, 7) is 1.06. The Kier molecular flexibility index (Phi) is 3.33. The van der Waals surface area contributed by atoms with Gasteiger partial charge < -0.3 is 10.6 Å². The lowest BCUT2D eigenvalue weighted by Gasteiger charge is -2.30. The van der Waals surface area contributed by atoms with Crippen LogP contribution in [0.15, 0.2) is 12.4 Å². The quantitative estimate of drug-likeness (QED) is 0.800. The fraction of sp³-hybridized carbons (Fsp3) is 0.545. The maximum absolute atomic E-state index is 5.47. The van der Waals surface area contributed by atoms with Gasteiger partial charge in [-0.2, -0.15) is 0 Å². The molecule has 1 fully saturated rings. The summed E-state index contributed by atoms with van der Waals surface area (Å²) in [6.07, 6.45) is 7.40. The maximum Gasteiger partial charge on any atom is 0.146 e. The zero-order valence-electron chi connectivity index (χ0n) is 9.39. The topological polar surface area (TPSA) is 55.0 Å². The molecule has 0 spiro atoms. The minimum absolute atomic E-state index is 0.292. The standard InChI is InChI=1S/C11H16N4S/c1-15(7-8-3-2-4-8)10-6-13-9(5-14-10)11(12)16/h5-6,8H,2-4,7H2,1H3,(H2,12,16). The SMILES string of the molecule is CN(CC1CCC1)c1cnc(C(N)=S)cn1. The van der Waals surface area contributed by atoms with Gasteiger partial charge in [-0.15, -0.1) is 0 Å². The van der Waals surface area contributed by atoms with Gasteiger partial charge in [0.25, 0.3) is 0 Å². The van der Waals surface area contributed by atoms with Crippen LogP contribution in [0, 0.1) is 5.92 Å². The molecule has 0 amide bonds. The van der Waals surface area contributed by atoms with Gasteiger partial charge in [0.1, 0.15) is 16.5 Å². The van der Waals surface area contributed by atoms with E-state index in [1.165, 1.54) is 19.3 Å². The Bertz CT molecular complexity index is 372. The van der Waals surface area contributed by atoms with Crippen molar-refractivity contribution >= 4 is 23.0 Å². The average Bonchev–Trinajstić information content (AvgIpc) is 2.23. The Morgan fingerprint density at radius 1 is 1.50 bits per heavy atom. The van der Waals surface area contributed by atoms with Gasteiger partial charge >= 0.3 is 0 Å². The number of nitrogens with two attached hydrogens (primary N) is 1. The number of rotatable bonds is 4. The Labute approximate surface area is 101 Å². The Morgan fingerprint density at radius 2 is 2.25 bits per heavy atom. The third-order valence-electron chi connectivity index (χ3n) is 3.04. The molecule has 1 aliphatic rings. The van der Waals surface area contributed by atoms with Gasteiger partial charge in [-0.1, -0.05) is 18.6 Å². The number of hydrogen-bond donors (Lipinski definition) is 1. The van der Waals surface area contributed by atoms with Crippen LogP contribution in [-0.2, 0) is 0 Å². The summed E-state index contributed by atoms with van der Waals surface area (Å²) >= 11 is 4.83. The molecule has 5 heteroatoms. The fourth-order valence-electron chi connectivity index (χ4n) is 1.80. The van der Waals surface area contributed by atoms with Gasteiger partial charge in [0, 0.05) is 13.6 Å². The normalized spacial score (nSPS) is 15.6. The lowest BCUT2D eigenvalue weighted by Crippen LogP contribution is -2.30. The molecule has 1 aromatic heterocycles. The molecule has 2 rings (SSSR count). The average molecular weight is 236 g/mol. The number of aromatic nitrogens is 2. The molecule has 86 valence electrons. The lowest BCUT2D eigenvalue weighted by atomic mass is 9.85. The molecule has 0 atom stereocenters. The first-order valence-electron chi connectivity index (χ1n) is 5.50. The van der Waals surface area contributed by atoms with E-state index in [0.29, 0.717) is 10.7 Å². The van der Waals surface area contributed by atoms with Crippen molar-refractivity contribution in [3.05, 3.63) is 18.1 Å². The molecule has 1 aromatic rings. The number of thiocarbonyl (C=S) groups is 1. The smallest absolute Gasteiger partial charge is 0.146 e. The molecular weight excluding hydrogens is 220 g/mol. The van der Waals surface area contributed by atoms with E-state index in [1.54, 1.807) is 12.4 Å². The lowest BCUT2D eigenvalue weighted by molar-refractivity contribution is 0.321. The minimum Gasteiger partial charge on any atom is -0.388 e. The van der Waals surface area contributed by atoms with Crippen LogP contribution in [-0.4, -0.2) is 28.5 Å². The van der Waals surface area contributed by atoms with E-state index >= 15 is 0 Å².